The Kier molecular flexibility index (Phi) is 3.77. The number of aromatic nitrogens is 2. The summed E-state index contributed by atoms with van der Waals surface area (Å²) in [6, 6.07) is 5.11. The van der Waals surface area contributed by atoms with Crippen molar-refractivity contribution in [2.45, 2.75) is 26.4 Å². The van der Waals surface area contributed by atoms with Crippen molar-refractivity contribution in [3.05, 3.63) is 53.1 Å². The minimum atomic E-state index is -0.184. The summed E-state index contributed by atoms with van der Waals surface area (Å²) in [7, 11) is 1.90. The first-order chi connectivity index (χ1) is 8.56. The van der Waals surface area contributed by atoms with Crippen LogP contribution in [0.3, 0.4) is 0 Å². The summed E-state index contributed by atoms with van der Waals surface area (Å²) in [6.45, 7) is 4.74. The maximum absolute atomic E-state index is 13.0. The van der Waals surface area contributed by atoms with Crippen LogP contribution in [0.4, 0.5) is 4.39 Å². The van der Waals surface area contributed by atoms with E-state index < -0.39 is 0 Å². The number of nitrogens with zero attached hydrogens (tertiary/aromatic N) is 2. The van der Waals surface area contributed by atoms with Crippen molar-refractivity contribution in [2.75, 3.05) is 0 Å². The molecule has 0 amide bonds. The van der Waals surface area contributed by atoms with Gasteiger partial charge in [0.1, 0.15) is 5.82 Å². The van der Waals surface area contributed by atoms with Gasteiger partial charge in [-0.3, -0.25) is 4.68 Å². The number of nitrogens with one attached hydrogen (secondary N) is 1. The smallest absolute Gasteiger partial charge is 0.123 e. The predicted molar refractivity (Wildman–Crippen MR) is 69.6 cm³/mol. The van der Waals surface area contributed by atoms with Crippen molar-refractivity contribution < 1.29 is 4.39 Å². The third kappa shape index (κ3) is 2.96. The van der Waals surface area contributed by atoms with Crippen LogP contribution < -0.4 is 5.32 Å². The van der Waals surface area contributed by atoms with E-state index in [0.717, 1.165) is 23.2 Å². The Labute approximate surface area is 107 Å². The summed E-state index contributed by atoms with van der Waals surface area (Å²) in [5, 5.41) is 7.56. The Bertz CT molecular complexity index is 534. The number of halogens is 1. The van der Waals surface area contributed by atoms with Gasteiger partial charge >= 0.3 is 0 Å². The zero-order valence-electron chi connectivity index (χ0n) is 10.9. The number of hydrogen-bond acceptors (Lipinski definition) is 2. The molecule has 0 bridgehead atoms. The SMILES string of the molecule is Cc1cc(F)ccc1CNC(C)c1cnn(C)c1. The van der Waals surface area contributed by atoms with Crippen LogP contribution in [0.5, 0.6) is 0 Å². The summed E-state index contributed by atoms with van der Waals surface area (Å²) < 4.78 is 14.8. The van der Waals surface area contributed by atoms with E-state index in [1.807, 2.05) is 32.4 Å². The topological polar surface area (TPSA) is 29.9 Å². The van der Waals surface area contributed by atoms with Gasteiger partial charge in [-0.1, -0.05) is 6.07 Å². The molecule has 0 saturated heterocycles. The second kappa shape index (κ2) is 5.31. The Morgan fingerprint density at radius 1 is 1.44 bits per heavy atom. The fourth-order valence-corrected chi connectivity index (χ4v) is 1.90. The predicted octanol–water partition coefficient (Wildman–Crippen LogP) is 2.72. The molecule has 0 aliphatic rings. The van der Waals surface area contributed by atoms with Gasteiger partial charge < -0.3 is 5.32 Å². The van der Waals surface area contributed by atoms with E-state index in [4.69, 9.17) is 0 Å². The minimum absolute atomic E-state index is 0.184. The van der Waals surface area contributed by atoms with Gasteiger partial charge in [-0.25, -0.2) is 4.39 Å². The van der Waals surface area contributed by atoms with Gasteiger partial charge in [-0.2, -0.15) is 5.10 Å². The first-order valence-corrected chi connectivity index (χ1v) is 6.03. The van der Waals surface area contributed by atoms with Gasteiger partial charge in [-0.15, -0.1) is 0 Å². The van der Waals surface area contributed by atoms with E-state index in [1.165, 1.54) is 6.07 Å². The average molecular weight is 247 g/mol. The molecule has 0 fully saturated rings. The zero-order chi connectivity index (χ0) is 13.1. The third-order valence-electron chi connectivity index (χ3n) is 3.13. The quantitative estimate of drug-likeness (QED) is 0.900. The fraction of sp³-hybridized carbons (Fsp3) is 0.357. The molecule has 1 aromatic carbocycles. The first-order valence-electron chi connectivity index (χ1n) is 6.03. The first kappa shape index (κ1) is 12.8. The van der Waals surface area contributed by atoms with E-state index in [-0.39, 0.29) is 11.9 Å². The standard InChI is InChI=1S/C14H18FN3/c1-10-6-14(15)5-4-12(10)7-16-11(2)13-8-17-18(3)9-13/h4-6,8-9,11,16H,7H2,1-3H3. The monoisotopic (exact) mass is 247 g/mol. The van der Waals surface area contributed by atoms with E-state index in [9.17, 15) is 4.39 Å². The van der Waals surface area contributed by atoms with Crippen LogP contribution in [0.25, 0.3) is 0 Å². The van der Waals surface area contributed by atoms with Crippen molar-refractivity contribution in [2.24, 2.45) is 7.05 Å². The van der Waals surface area contributed by atoms with Gasteiger partial charge in [0, 0.05) is 31.4 Å². The molecule has 1 unspecified atom stereocenters. The van der Waals surface area contributed by atoms with Gasteiger partial charge in [0.05, 0.1) is 6.20 Å². The minimum Gasteiger partial charge on any atom is -0.306 e. The highest BCUT2D eigenvalue weighted by molar-refractivity contribution is 5.26. The molecule has 0 radical (unpaired) electrons. The molecule has 2 aromatic rings. The lowest BCUT2D eigenvalue weighted by atomic mass is 10.1. The molecule has 18 heavy (non-hydrogen) atoms. The molecule has 1 heterocycles. The highest BCUT2D eigenvalue weighted by Crippen LogP contribution is 2.14. The molecule has 2 rings (SSSR count). The number of aryl methyl sites for hydroxylation is 2. The second-order valence-electron chi connectivity index (χ2n) is 4.62. The van der Waals surface area contributed by atoms with E-state index in [0.29, 0.717) is 0 Å². The Balaban J connectivity index is 1.99. The maximum atomic E-state index is 13.0. The van der Waals surface area contributed by atoms with E-state index >= 15 is 0 Å². The molecule has 0 aliphatic carbocycles. The highest BCUT2D eigenvalue weighted by atomic mass is 19.1. The fourth-order valence-electron chi connectivity index (χ4n) is 1.90. The summed E-state index contributed by atoms with van der Waals surface area (Å²) in [6.07, 6.45) is 3.85. The van der Waals surface area contributed by atoms with Crippen molar-refractivity contribution in [3.8, 4) is 0 Å². The van der Waals surface area contributed by atoms with Crippen LogP contribution in [0.1, 0.15) is 29.7 Å². The zero-order valence-corrected chi connectivity index (χ0v) is 10.9. The Morgan fingerprint density at radius 3 is 2.83 bits per heavy atom. The largest absolute Gasteiger partial charge is 0.306 e. The lowest BCUT2D eigenvalue weighted by molar-refractivity contribution is 0.570. The van der Waals surface area contributed by atoms with Crippen LogP contribution in [-0.2, 0) is 13.6 Å². The van der Waals surface area contributed by atoms with Crippen LogP contribution >= 0.6 is 0 Å². The lowest BCUT2D eigenvalue weighted by Gasteiger charge is -2.13. The lowest BCUT2D eigenvalue weighted by Crippen LogP contribution is -2.18. The molecular formula is C14H18FN3. The van der Waals surface area contributed by atoms with Crippen LogP contribution in [0, 0.1) is 12.7 Å². The molecule has 3 nitrogen and oxygen atoms in total. The van der Waals surface area contributed by atoms with E-state index in [2.05, 4.69) is 17.3 Å². The van der Waals surface area contributed by atoms with Crippen LogP contribution in [0.2, 0.25) is 0 Å². The highest BCUT2D eigenvalue weighted by Gasteiger charge is 2.07. The van der Waals surface area contributed by atoms with Gasteiger partial charge in [0.15, 0.2) is 0 Å². The van der Waals surface area contributed by atoms with Crippen LogP contribution in [-0.4, -0.2) is 9.78 Å². The summed E-state index contributed by atoms with van der Waals surface area (Å²) in [5.41, 5.74) is 3.24. The van der Waals surface area contributed by atoms with Gasteiger partial charge in [0.25, 0.3) is 0 Å². The van der Waals surface area contributed by atoms with Gasteiger partial charge in [0.2, 0.25) is 0 Å². The number of rotatable bonds is 4. The van der Waals surface area contributed by atoms with Crippen molar-refractivity contribution in [1.82, 2.24) is 15.1 Å². The molecule has 0 spiro atoms. The molecule has 96 valence electrons. The number of hydrogen-bond donors (Lipinski definition) is 1. The summed E-state index contributed by atoms with van der Waals surface area (Å²) in [5.74, 6) is -0.184. The Hall–Kier alpha value is -1.68. The van der Waals surface area contributed by atoms with Crippen LogP contribution in [0.15, 0.2) is 30.6 Å². The van der Waals surface area contributed by atoms with Crippen molar-refractivity contribution in [3.63, 3.8) is 0 Å². The second-order valence-corrected chi connectivity index (χ2v) is 4.62. The Morgan fingerprint density at radius 2 is 2.22 bits per heavy atom. The molecule has 4 heteroatoms. The molecular weight excluding hydrogens is 229 g/mol. The average Bonchev–Trinajstić information content (AvgIpc) is 2.74. The normalized spacial score (nSPS) is 12.7. The molecule has 1 N–H and O–H groups in total. The van der Waals surface area contributed by atoms with E-state index in [1.54, 1.807) is 10.7 Å². The molecule has 0 aliphatic heterocycles. The summed E-state index contributed by atoms with van der Waals surface area (Å²) >= 11 is 0. The molecule has 0 saturated carbocycles. The number of benzene rings is 1. The maximum Gasteiger partial charge on any atom is 0.123 e. The van der Waals surface area contributed by atoms with Crippen molar-refractivity contribution in [1.29, 1.82) is 0 Å². The third-order valence-corrected chi connectivity index (χ3v) is 3.13. The van der Waals surface area contributed by atoms with Gasteiger partial charge in [-0.05, 0) is 37.1 Å². The molecule has 1 atom stereocenters. The summed E-state index contributed by atoms with van der Waals surface area (Å²) in [4.78, 5) is 0. The molecule has 1 aromatic heterocycles. The van der Waals surface area contributed by atoms with Crippen molar-refractivity contribution >= 4 is 0 Å².